The average molecular weight is 501 g/mol. The molecular formula is C25H25ClN2O5S. The van der Waals surface area contributed by atoms with Gasteiger partial charge in [-0.2, -0.15) is 0 Å². The van der Waals surface area contributed by atoms with Crippen LogP contribution in [0.2, 0.25) is 5.02 Å². The summed E-state index contributed by atoms with van der Waals surface area (Å²) in [6.45, 7) is 2.44. The second kappa shape index (κ2) is 10.4. The Kier molecular flexibility index (Phi) is 7.29. The molecule has 1 unspecified atom stereocenters. The van der Waals surface area contributed by atoms with E-state index in [4.69, 9.17) is 21.1 Å². The zero-order valence-corrected chi connectivity index (χ0v) is 20.2. The van der Waals surface area contributed by atoms with E-state index in [2.05, 4.69) is 12.2 Å². The standard InChI is InChI=1S/C25H25ClN2O5S/c1-2-18-7-11-20(12-8-18)32-16-15-27-25(29)24-17-28(22-5-3-4-6-23(22)33-24)34(30,31)21-13-9-19(26)10-14-21/h3-14,24H,2,15-17H2,1H3,(H,27,29). The molecule has 9 heteroatoms. The van der Waals surface area contributed by atoms with Gasteiger partial charge in [-0.05, 0) is 60.5 Å². The molecule has 0 saturated carbocycles. The summed E-state index contributed by atoms with van der Waals surface area (Å²) < 4.78 is 39.4. The third-order valence-electron chi connectivity index (χ3n) is 5.43. The number of rotatable bonds is 8. The van der Waals surface area contributed by atoms with Crippen LogP contribution in [0.15, 0.2) is 77.7 Å². The highest BCUT2D eigenvalue weighted by molar-refractivity contribution is 7.92. The van der Waals surface area contributed by atoms with E-state index < -0.39 is 22.0 Å². The van der Waals surface area contributed by atoms with Crippen LogP contribution in [-0.2, 0) is 21.2 Å². The van der Waals surface area contributed by atoms with Crippen LogP contribution in [0.25, 0.3) is 0 Å². The third-order valence-corrected chi connectivity index (χ3v) is 7.48. The molecule has 0 radical (unpaired) electrons. The topological polar surface area (TPSA) is 84.9 Å². The van der Waals surface area contributed by atoms with E-state index in [0.717, 1.165) is 12.2 Å². The normalized spacial score (nSPS) is 15.2. The van der Waals surface area contributed by atoms with Crippen molar-refractivity contribution in [3.05, 3.63) is 83.4 Å². The van der Waals surface area contributed by atoms with Gasteiger partial charge in [0.25, 0.3) is 15.9 Å². The first-order valence-electron chi connectivity index (χ1n) is 10.9. The summed E-state index contributed by atoms with van der Waals surface area (Å²) in [6, 6.07) is 20.4. The fourth-order valence-electron chi connectivity index (χ4n) is 3.58. The highest BCUT2D eigenvalue weighted by Crippen LogP contribution is 2.36. The molecule has 3 aromatic carbocycles. The molecule has 3 aromatic rings. The number of amides is 1. The summed E-state index contributed by atoms with van der Waals surface area (Å²) in [4.78, 5) is 12.9. The molecule has 34 heavy (non-hydrogen) atoms. The van der Waals surface area contributed by atoms with Crippen molar-refractivity contribution >= 4 is 33.2 Å². The number of hydrogen-bond acceptors (Lipinski definition) is 5. The summed E-state index contributed by atoms with van der Waals surface area (Å²) >= 11 is 5.91. The average Bonchev–Trinajstić information content (AvgIpc) is 2.86. The number of benzene rings is 3. The molecule has 0 fully saturated rings. The molecule has 7 nitrogen and oxygen atoms in total. The number of sulfonamides is 1. The predicted octanol–water partition coefficient (Wildman–Crippen LogP) is 4.05. The predicted molar refractivity (Wildman–Crippen MR) is 131 cm³/mol. The molecule has 0 bridgehead atoms. The Hall–Kier alpha value is -3.23. The molecule has 4 rings (SSSR count). The van der Waals surface area contributed by atoms with Gasteiger partial charge in [0.2, 0.25) is 0 Å². The zero-order chi connectivity index (χ0) is 24.1. The molecule has 1 aliphatic heterocycles. The lowest BCUT2D eigenvalue weighted by molar-refractivity contribution is -0.127. The Balaban J connectivity index is 1.43. The highest BCUT2D eigenvalue weighted by Gasteiger charge is 2.37. The van der Waals surface area contributed by atoms with Crippen LogP contribution in [0.3, 0.4) is 0 Å². The summed E-state index contributed by atoms with van der Waals surface area (Å²) in [5.41, 5.74) is 1.59. The number of nitrogens with zero attached hydrogens (tertiary/aromatic N) is 1. The Morgan fingerprint density at radius 1 is 1.09 bits per heavy atom. The van der Waals surface area contributed by atoms with Crippen LogP contribution in [-0.4, -0.2) is 40.1 Å². The lowest BCUT2D eigenvalue weighted by Gasteiger charge is -2.34. The van der Waals surface area contributed by atoms with Crippen LogP contribution < -0.4 is 19.1 Å². The SMILES string of the molecule is CCc1ccc(OCCNC(=O)C2CN(S(=O)(=O)c3ccc(Cl)cc3)c3ccccc3O2)cc1. The molecule has 1 amide bonds. The van der Waals surface area contributed by atoms with Crippen molar-refractivity contribution in [3.63, 3.8) is 0 Å². The van der Waals surface area contributed by atoms with Gasteiger partial charge < -0.3 is 14.8 Å². The maximum atomic E-state index is 13.4. The van der Waals surface area contributed by atoms with Crippen molar-refractivity contribution in [2.24, 2.45) is 0 Å². The van der Waals surface area contributed by atoms with Crippen LogP contribution in [0.1, 0.15) is 12.5 Å². The number of anilines is 1. The first kappa shape index (κ1) is 23.9. The minimum Gasteiger partial charge on any atom is -0.492 e. The molecule has 1 N–H and O–H groups in total. The lowest BCUT2D eigenvalue weighted by atomic mass is 10.2. The number of ether oxygens (including phenoxy) is 2. The van der Waals surface area contributed by atoms with Crippen LogP contribution in [0.5, 0.6) is 11.5 Å². The zero-order valence-electron chi connectivity index (χ0n) is 18.6. The van der Waals surface area contributed by atoms with Crippen LogP contribution in [0, 0.1) is 0 Å². The summed E-state index contributed by atoms with van der Waals surface area (Å²) in [5, 5.41) is 3.20. The molecule has 1 heterocycles. The van der Waals surface area contributed by atoms with E-state index in [1.54, 1.807) is 24.3 Å². The molecule has 1 aliphatic rings. The van der Waals surface area contributed by atoms with Crippen LogP contribution >= 0.6 is 11.6 Å². The second-order valence-electron chi connectivity index (χ2n) is 7.70. The Morgan fingerprint density at radius 3 is 2.50 bits per heavy atom. The Labute approximate surface area is 204 Å². The maximum absolute atomic E-state index is 13.4. The van der Waals surface area contributed by atoms with Gasteiger partial charge in [-0.15, -0.1) is 0 Å². The first-order valence-corrected chi connectivity index (χ1v) is 12.7. The number of carbonyl (C=O) groups is 1. The number of aryl methyl sites for hydroxylation is 1. The van der Waals surface area contributed by atoms with Crippen molar-refractivity contribution in [2.45, 2.75) is 24.3 Å². The van der Waals surface area contributed by atoms with Crippen molar-refractivity contribution in [2.75, 3.05) is 24.0 Å². The highest BCUT2D eigenvalue weighted by atomic mass is 35.5. The molecule has 1 atom stereocenters. The van der Waals surface area contributed by atoms with Gasteiger partial charge in [-0.25, -0.2) is 8.42 Å². The maximum Gasteiger partial charge on any atom is 0.264 e. The minimum atomic E-state index is -3.94. The molecule has 0 aromatic heterocycles. The van der Waals surface area contributed by atoms with Crippen molar-refractivity contribution in [3.8, 4) is 11.5 Å². The number of hydrogen-bond donors (Lipinski definition) is 1. The summed E-state index contributed by atoms with van der Waals surface area (Å²) in [5.74, 6) is 0.615. The molecule has 0 spiro atoms. The Bertz CT molecular complexity index is 1250. The number of nitrogens with one attached hydrogen (secondary N) is 1. The van der Waals surface area contributed by atoms with Gasteiger partial charge in [0.15, 0.2) is 6.10 Å². The third kappa shape index (κ3) is 5.29. The van der Waals surface area contributed by atoms with Gasteiger partial charge in [0.1, 0.15) is 18.1 Å². The number of carbonyl (C=O) groups excluding carboxylic acids is 1. The van der Waals surface area contributed by atoms with Gasteiger partial charge in [-0.3, -0.25) is 9.10 Å². The van der Waals surface area contributed by atoms with Crippen molar-refractivity contribution in [1.29, 1.82) is 0 Å². The largest absolute Gasteiger partial charge is 0.492 e. The molecule has 0 aliphatic carbocycles. The molecular weight excluding hydrogens is 476 g/mol. The van der Waals surface area contributed by atoms with Gasteiger partial charge in [0.05, 0.1) is 23.7 Å². The number of fused-ring (bicyclic) bond motifs is 1. The monoisotopic (exact) mass is 500 g/mol. The number of para-hydroxylation sites is 2. The molecule has 0 saturated heterocycles. The minimum absolute atomic E-state index is 0.0789. The van der Waals surface area contributed by atoms with Crippen molar-refractivity contribution < 1.29 is 22.7 Å². The van der Waals surface area contributed by atoms with Gasteiger partial charge >= 0.3 is 0 Å². The fraction of sp³-hybridized carbons (Fsp3) is 0.240. The lowest BCUT2D eigenvalue weighted by Crippen LogP contribution is -2.51. The smallest absolute Gasteiger partial charge is 0.264 e. The quantitative estimate of drug-likeness (QED) is 0.471. The van der Waals surface area contributed by atoms with Crippen molar-refractivity contribution in [1.82, 2.24) is 5.32 Å². The second-order valence-corrected chi connectivity index (χ2v) is 10.0. The van der Waals surface area contributed by atoms with Crippen LogP contribution in [0.4, 0.5) is 5.69 Å². The van der Waals surface area contributed by atoms with E-state index in [0.29, 0.717) is 16.5 Å². The van der Waals surface area contributed by atoms with E-state index >= 15 is 0 Å². The van der Waals surface area contributed by atoms with Gasteiger partial charge in [-0.1, -0.05) is 42.8 Å². The van der Waals surface area contributed by atoms with E-state index in [1.165, 1.54) is 34.1 Å². The first-order chi connectivity index (χ1) is 16.4. The summed E-state index contributed by atoms with van der Waals surface area (Å²) in [7, 11) is -3.94. The van der Waals surface area contributed by atoms with Gasteiger partial charge in [0, 0.05) is 5.02 Å². The summed E-state index contributed by atoms with van der Waals surface area (Å²) in [6.07, 6.45) is -0.0631. The Morgan fingerprint density at radius 2 is 1.79 bits per heavy atom. The molecule has 178 valence electrons. The number of halogens is 1. The fourth-order valence-corrected chi connectivity index (χ4v) is 5.18. The van der Waals surface area contributed by atoms with E-state index in [-0.39, 0.29) is 24.6 Å². The van der Waals surface area contributed by atoms with E-state index in [9.17, 15) is 13.2 Å². The van der Waals surface area contributed by atoms with E-state index in [1.807, 2.05) is 24.3 Å².